The van der Waals surface area contributed by atoms with Crippen LogP contribution in [0.4, 0.5) is 10.1 Å². The molecule has 0 bridgehead atoms. The van der Waals surface area contributed by atoms with E-state index in [1.807, 2.05) is 6.92 Å². The van der Waals surface area contributed by atoms with Gasteiger partial charge >= 0.3 is 0 Å². The molecule has 3 rings (SSSR count). The van der Waals surface area contributed by atoms with E-state index in [1.54, 1.807) is 6.07 Å². The lowest BCUT2D eigenvalue weighted by atomic mass is 9.88. The van der Waals surface area contributed by atoms with Crippen LogP contribution >= 0.6 is 0 Å². The van der Waals surface area contributed by atoms with Gasteiger partial charge in [-0.15, -0.1) is 0 Å². The van der Waals surface area contributed by atoms with Gasteiger partial charge in [0.1, 0.15) is 11.6 Å². The highest BCUT2D eigenvalue weighted by Crippen LogP contribution is 2.32. The molecule has 0 spiro atoms. The second kappa shape index (κ2) is 6.02. The van der Waals surface area contributed by atoms with Crippen LogP contribution in [0.25, 0.3) is 0 Å². The van der Waals surface area contributed by atoms with Crippen LogP contribution in [0.1, 0.15) is 19.8 Å². The van der Waals surface area contributed by atoms with Gasteiger partial charge in [0.15, 0.2) is 0 Å². The Bertz CT molecular complexity index is 527. The van der Waals surface area contributed by atoms with Crippen molar-refractivity contribution in [3.63, 3.8) is 0 Å². The van der Waals surface area contributed by atoms with Gasteiger partial charge in [0, 0.05) is 12.0 Å². The fourth-order valence-electron chi connectivity index (χ4n) is 2.34. The average Bonchev–Trinajstić information content (AvgIpc) is 3.21. The number of hydrogen-bond acceptors (Lipinski definition) is 3. The molecule has 1 heterocycles. The van der Waals surface area contributed by atoms with Crippen LogP contribution in [-0.4, -0.2) is 25.6 Å². The van der Waals surface area contributed by atoms with Gasteiger partial charge in [-0.2, -0.15) is 0 Å². The minimum Gasteiger partial charge on any atom is -0.491 e. The largest absolute Gasteiger partial charge is 0.491 e. The number of anilines is 1. The van der Waals surface area contributed by atoms with Crippen molar-refractivity contribution >= 4 is 11.6 Å². The molecule has 2 aliphatic rings. The van der Waals surface area contributed by atoms with Crippen LogP contribution < -0.4 is 15.4 Å². The van der Waals surface area contributed by atoms with Crippen molar-refractivity contribution in [1.82, 2.24) is 5.32 Å². The zero-order valence-electron chi connectivity index (χ0n) is 12.2. The first-order valence-electron chi connectivity index (χ1n) is 7.57. The van der Waals surface area contributed by atoms with E-state index in [1.165, 1.54) is 25.0 Å². The topological polar surface area (TPSA) is 50.4 Å². The molecule has 0 aromatic heterocycles. The van der Waals surface area contributed by atoms with Crippen LogP contribution in [0.2, 0.25) is 0 Å². The molecule has 2 fully saturated rings. The molecule has 21 heavy (non-hydrogen) atoms. The Morgan fingerprint density at radius 3 is 2.86 bits per heavy atom. The number of carbonyl (C=O) groups excluding carboxylic acids is 1. The Morgan fingerprint density at radius 2 is 2.24 bits per heavy atom. The van der Waals surface area contributed by atoms with Gasteiger partial charge in [0.05, 0.1) is 12.3 Å². The molecular weight excluding hydrogens is 271 g/mol. The summed E-state index contributed by atoms with van der Waals surface area (Å²) in [6.45, 7) is 4.27. The molecule has 1 aromatic rings. The maximum absolute atomic E-state index is 13.4. The number of ether oxygens (including phenoxy) is 1. The standard InChI is InChI=1S/C16H21FN2O2/c1-10(12-7-18-8-12)16(20)19-14-5-4-13(17)6-15(14)21-9-11-2-3-11/h4-6,10-12,18H,2-3,7-9H2,1H3,(H,19,20). The molecule has 2 N–H and O–H groups in total. The quantitative estimate of drug-likeness (QED) is 0.846. The molecule has 5 heteroatoms. The normalized spacial score (nSPS) is 19.7. The summed E-state index contributed by atoms with van der Waals surface area (Å²) in [4.78, 5) is 12.2. The molecule has 1 unspecified atom stereocenters. The predicted molar refractivity (Wildman–Crippen MR) is 78.8 cm³/mol. The van der Waals surface area contributed by atoms with Gasteiger partial charge < -0.3 is 15.4 Å². The summed E-state index contributed by atoms with van der Waals surface area (Å²) in [7, 11) is 0. The van der Waals surface area contributed by atoms with E-state index in [9.17, 15) is 9.18 Å². The summed E-state index contributed by atoms with van der Waals surface area (Å²) in [5, 5.41) is 6.04. The first kappa shape index (κ1) is 14.3. The third-order valence-corrected chi connectivity index (χ3v) is 4.31. The number of hydrogen-bond donors (Lipinski definition) is 2. The number of benzene rings is 1. The summed E-state index contributed by atoms with van der Waals surface area (Å²) in [5.74, 6) is 0.930. The Kier molecular flexibility index (Phi) is 4.10. The molecule has 1 saturated heterocycles. The predicted octanol–water partition coefficient (Wildman–Crippen LogP) is 2.41. The van der Waals surface area contributed by atoms with E-state index >= 15 is 0 Å². The number of nitrogens with one attached hydrogen (secondary N) is 2. The Hall–Kier alpha value is -1.62. The second-order valence-corrected chi connectivity index (χ2v) is 6.09. The van der Waals surface area contributed by atoms with E-state index in [0.717, 1.165) is 13.1 Å². The third-order valence-electron chi connectivity index (χ3n) is 4.31. The summed E-state index contributed by atoms with van der Waals surface area (Å²) in [6, 6.07) is 4.25. The van der Waals surface area contributed by atoms with Crippen LogP contribution in [0.15, 0.2) is 18.2 Å². The molecule has 4 nitrogen and oxygen atoms in total. The summed E-state index contributed by atoms with van der Waals surface area (Å²) in [6.07, 6.45) is 2.34. The molecule has 0 radical (unpaired) electrons. The van der Waals surface area contributed by atoms with Crippen molar-refractivity contribution in [3.05, 3.63) is 24.0 Å². The van der Waals surface area contributed by atoms with Gasteiger partial charge in [-0.1, -0.05) is 6.92 Å². The molecule has 1 aliphatic heterocycles. The lowest BCUT2D eigenvalue weighted by Gasteiger charge is -2.31. The summed E-state index contributed by atoms with van der Waals surface area (Å²) >= 11 is 0. The summed E-state index contributed by atoms with van der Waals surface area (Å²) in [5.41, 5.74) is 0.557. The lowest BCUT2D eigenvalue weighted by molar-refractivity contribution is -0.121. The highest BCUT2D eigenvalue weighted by molar-refractivity contribution is 5.94. The monoisotopic (exact) mass is 292 g/mol. The maximum Gasteiger partial charge on any atom is 0.227 e. The van der Waals surface area contributed by atoms with E-state index < -0.39 is 0 Å². The van der Waals surface area contributed by atoms with E-state index in [2.05, 4.69) is 10.6 Å². The minimum absolute atomic E-state index is 0.0376. The van der Waals surface area contributed by atoms with E-state index in [4.69, 9.17) is 4.74 Å². The van der Waals surface area contributed by atoms with Crippen molar-refractivity contribution in [1.29, 1.82) is 0 Å². The molecule has 1 amide bonds. The maximum atomic E-state index is 13.4. The molecule has 114 valence electrons. The molecule has 1 atom stereocenters. The van der Waals surface area contributed by atoms with Crippen molar-refractivity contribution in [2.24, 2.45) is 17.8 Å². The second-order valence-electron chi connectivity index (χ2n) is 6.09. The SMILES string of the molecule is CC(C(=O)Nc1ccc(F)cc1OCC1CC1)C1CNC1. The smallest absolute Gasteiger partial charge is 0.227 e. The molecule has 1 saturated carbocycles. The van der Waals surface area contributed by atoms with Crippen molar-refractivity contribution < 1.29 is 13.9 Å². The van der Waals surface area contributed by atoms with E-state index in [-0.39, 0.29) is 17.6 Å². The number of halogens is 1. The van der Waals surface area contributed by atoms with Gasteiger partial charge in [0.2, 0.25) is 5.91 Å². The Morgan fingerprint density at radius 1 is 1.48 bits per heavy atom. The number of carbonyl (C=O) groups is 1. The van der Waals surface area contributed by atoms with Crippen LogP contribution in [0, 0.1) is 23.6 Å². The minimum atomic E-state index is -0.352. The third kappa shape index (κ3) is 3.53. The fourth-order valence-corrected chi connectivity index (χ4v) is 2.34. The first-order chi connectivity index (χ1) is 10.1. The van der Waals surface area contributed by atoms with Crippen LogP contribution in [-0.2, 0) is 4.79 Å². The lowest BCUT2D eigenvalue weighted by Crippen LogP contribution is -2.48. The van der Waals surface area contributed by atoms with Crippen LogP contribution in [0.3, 0.4) is 0 Å². The Balaban J connectivity index is 1.66. The number of rotatable bonds is 6. The summed E-state index contributed by atoms with van der Waals surface area (Å²) < 4.78 is 19.0. The van der Waals surface area contributed by atoms with Gasteiger partial charge in [-0.05, 0) is 49.9 Å². The zero-order chi connectivity index (χ0) is 14.8. The zero-order valence-corrected chi connectivity index (χ0v) is 12.2. The van der Waals surface area contributed by atoms with Crippen molar-refractivity contribution in [2.45, 2.75) is 19.8 Å². The van der Waals surface area contributed by atoms with Gasteiger partial charge in [-0.25, -0.2) is 4.39 Å². The molecule has 1 aliphatic carbocycles. The van der Waals surface area contributed by atoms with E-state index in [0.29, 0.717) is 29.9 Å². The highest BCUT2D eigenvalue weighted by atomic mass is 19.1. The highest BCUT2D eigenvalue weighted by Gasteiger charge is 2.29. The average molecular weight is 292 g/mol. The van der Waals surface area contributed by atoms with Gasteiger partial charge in [-0.3, -0.25) is 4.79 Å². The van der Waals surface area contributed by atoms with Crippen molar-refractivity contribution in [3.8, 4) is 5.75 Å². The number of amides is 1. The molecule has 1 aromatic carbocycles. The fraction of sp³-hybridized carbons (Fsp3) is 0.562. The van der Waals surface area contributed by atoms with Crippen molar-refractivity contribution in [2.75, 3.05) is 25.0 Å². The van der Waals surface area contributed by atoms with Crippen LogP contribution in [0.5, 0.6) is 5.75 Å². The first-order valence-corrected chi connectivity index (χ1v) is 7.57. The molecular formula is C16H21FN2O2. The Labute approximate surface area is 124 Å². The van der Waals surface area contributed by atoms with Gasteiger partial charge in [0.25, 0.3) is 0 Å².